The third-order valence-corrected chi connectivity index (χ3v) is 17.1. The molecule has 0 saturated heterocycles. The number of allylic oxidation sites excluding steroid dienone is 5. The Kier molecular flexibility index (Phi) is 60.3. The van der Waals surface area contributed by atoms with E-state index in [0.717, 1.165) is 44.9 Å². The molecule has 468 valence electrons. The van der Waals surface area contributed by atoms with E-state index in [-0.39, 0.29) is 19.1 Å². The van der Waals surface area contributed by atoms with Crippen molar-refractivity contribution in [2.75, 3.05) is 40.9 Å². The first-order chi connectivity index (χ1) is 38.5. The zero-order valence-electron chi connectivity index (χ0n) is 53.6. The van der Waals surface area contributed by atoms with Crippen LogP contribution in [0.1, 0.15) is 354 Å². The van der Waals surface area contributed by atoms with Crippen LogP contribution in [0.5, 0.6) is 0 Å². The molecule has 0 rings (SSSR count). The minimum Gasteiger partial charge on any atom is -0.756 e. The van der Waals surface area contributed by atoms with Gasteiger partial charge in [0, 0.05) is 6.42 Å². The van der Waals surface area contributed by atoms with E-state index in [4.69, 9.17) is 9.05 Å². The van der Waals surface area contributed by atoms with Crippen LogP contribution in [0.2, 0.25) is 0 Å². The number of amides is 1. The molecule has 0 bridgehead atoms. The fraction of sp³-hybridized carbons (Fsp3) is 0.900. The molecule has 0 aromatic rings. The second-order valence-corrected chi connectivity index (χ2v) is 26.7. The van der Waals surface area contributed by atoms with Crippen LogP contribution in [-0.2, 0) is 18.4 Å². The number of carbonyl (C=O) groups excluding carboxylic acids is 1. The van der Waals surface area contributed by atoms with Gasteiger partial charge in [-0.1, -0.05) is 333 Å². The summed E-state index contributed by atoms with van der Waals surface area (Å²) in [7, 11) is 1.28. The fourth-order valence-corrected chi connectivity index (χ4v) is 11.4. The van der Waals surface area contributed by atoms with E-state index in [1.165, 1.54) is 289 Å². The maximum Gasteiger partial charge on any atom is 0.268 e. The van der Waals surface area contributed by atoms with Crippen molar-refractivity contribution in [3.63, 3.8) is 0 Å². The molecule has 0 aromatic heterocycles. The quantitative estimate of drug-likeness (QED) is 0.0272. The Morgan fingerprint density at radius 2 is 0.734 bits per heavy atom. The lowest BCUT2D eigenvalue weighted by molar-refractivity contribution is -0.870. The van der Waals surface area contributed by atoms with Gasteiger partial charge in [0.2, 0.25) is 5.91 Å². The molecule has 3 unspecified atom stereocenters. The molecule has 0 aliphatic heterocycles. The molecule has 79 heavy (non-hydrogen) atoms. The molecule has 9 heteroatoms. The Bertz CT molecular complexity index is 1380. The molecule has 0 saturated carbocycles. The van der Waals surface area contributed by atoms with Gasteiger partial charge in [-0.15, -0.1) is 0 Å². The third kappa shape index (κ3) is 64.1. The molecule has 0 fully saturated rings. The summed E-state index contributed by atoms with van der Waals surface area (Å²) in [5.74, 6) is -0.190. The number of quaternary nitrogens is 1. The van der Waals surface area contributed by atoms with E-state index in [9.17, 15) is 19.4 Å². The van der Waals surface area contributed by atoms with Crippen molar-refractivity contribution in [3.05, 3.63) is 36.5 Å². The zero-order valence-corrected chi connectivity index (χ0v) is 54.5. The summed E-state index contributed by atoms with van der Waals surface area (Å²) in [5.41, 5.74) is 0. The van der Waals surface area contributed by atoms with Crippen LogP contribution in [0.3, 0.4) is 0 Å². The normalized spacial score (nSPS) is 13.9. The lowest BCUT2D eigenvalue weighted by atomic mass is 10.0. The van der Waals surface area contributed by atoms with Crippen LogP contribution in [0.25, 0.3) is 0 Å². The monoisotopic (exact) mass is 1130 g/mol. The highest BCUT2D eigenvalue weighted by Crippen LogP contribution is 2.38. The Hall–Kier alpha value is -1.28. The molecular weight excluding hydrogens is 996 g/mol. The molecule has 0 heterocycles. The number of aliphatic hydroxyl groups excluding tert-OH is 1. The molecule has 0 aromatic carbocycles. The zero-order chi connectivity index (χ0) is 57.7. The molecule has 0 aliphatic rings. The minimum absolute atomic E-state index is 0.00152. The first-order valence-electron chi connectivity index (χ1n) is 34.9. The van der Waals surface area contributed by atoms with E-state index >= 15 is 0 Å². The van der Waals surface area contributed by atoms with Gasteiger partial charge in [-0.3, -0.25) is 9.36 Å². The molecule has 8 nitrogen and oxygen atoms in total. The number of phosphoric acid groups is 1. The van der Waals surface area contributed by atoms with E-state index in [1.807, 2.05) is 27.2 Å². The number of hydrogen-bond acceptors (Lipinski definition) is 6. The van der Waals surface area contributed by atoms with Crippen LogP contribution in [0, 0.1) is 0 Å². The number of phosphoric ester groups is 1. The van der Waals surface area contributed by atoms with Crippen molar-refractivity contribution in [1.29, 1.82) is 0 Å². The van der Waals surface area contributed by atoms with Gasteiger partial charge in [-0.2, -0.15) is 0 Å². The predicted molar refractivity (Wildman–Crippen MR) is 344 cm³/mol. The number of nitrogens with one attached hydrogen (secondary N) is 1. The van der Waals surface area contributed by atoms with Crippen LogP contribution in [0.4, 0.5) is 0 Å². The highest BCUT2D eigenvalue weighted by molar-refractivity contribution is 7.45. The van der Waals surface area contributed by atoms with Gasteiger partial charge < -0.3 is 28.8 Å². The van der Waals surface area contributed by atoms with Crippen molar-refractivity contribution in [3.8, 4) is 0 Å². The average Bonchev–Trinajstić information content (AvgIpc) is 3.42. The molecule has 0 radical (unpaired) electrons. The van der Waals surface area contributed by atoms with E-state index in [0.29, 0.717) is 17.4 Å². The Balaban J connectivity index is 3.95. The Labute approximate surface area is 493 Å². The molecular formula is C70H137N2O6P. The van der Waals surface area contributed by atoms with Gasteiger partial charge in [-0.05, 0) is 51.4 Å². The highest BCUT2D eigenvalue weighted by Gasteiger charge is 2.23. The summed E-state index contributed by atoms with van der Waals surface area (Å²) >= 11 is 0. The van der Waals surface area contributed by atoms with Crippen LogP contribution < -0.4 is 10.2 Å². The summed E-state index contributed by atoms with van der Waals surface area (Å²) in [5, 5.41) is 13.9. The first-order valence-corrected chi connectivity index (χ1v) is 36.3. The largest absolute Gasteiger partial charge is 0.756 e. The fourth-order valence-electron chi connectivity index (χ4n) is 10.7. The summed E-state index contributed by atoms with van der Waals surface area (Å²) in [6, 6.07) is -0.885. The molecule has 1 amide bonds. The van der Waals surface area contributed by atoms with Gasteiger partial charge in [0.1, 0.15) is 13.2 Å². The van der Waals surface area contributed by atoms with Crippen molar-refractivity contribution in [1.82, 2.24) is 5.32 Å². The van der Waals surface area contributed by atoms with Gasteiger partial charge in [-0.25, -0.2) is 0 Å². The SMILES string of the molecule is CCCCCCC/C=C\C/C=C\CCCCCCCCCCCCCCCCCCCCCCCCCCCC(=O)NC(COP(=O)([O-])OCC[N+](C)(C)C)C(O)/C=C/CCCCCCCCCCCCCCCCCCCC. The first kappa shape index (κ1) is 77.7. The number of carbonyl (C=O) groups is 1. The van der Waals surface area contributed by atoms with Gasteiger partial charge in [0.25, 0.3) is 7.82 Å². The Morgan fingerprint density at radius 1 is 0.443 bits per heavy atom. The maximum atomic E-state index is 13.0. The topological polar surface area (TPSA) is 108 Å². The van der Waals surface area contributed by atoms with Gasteiger partial charge in [0.05, 0.1) is 39.9 Å². The summed E-state index contributed by atoms with van der Waals surface area (Å²) in [4.78, 5) is 25.6. The van der Waals surface area contributed by atoms with Gasteiger partial charge in [0.15, 0.2) is 0 Å². The summed E-state index contributed by atoms with van der Waals surface area (Å²) in [6.07, 6.45) is 81.3. The van der Waals surface area contributed by atoms with Gasteiger partial charge >= 0.3 is 0 Å². The lowest BCUT2D eigenvalue weighted by Gasteiger charge is -2.29. The molecule has 3 atom stereocenters. The number of nitrogens with zero attached hydrogens (tertiary/aromatic N) is 1. The Morgan fingerprint density at radius 3 is 1.05 bits per heavy atom. The van der Waals surface area contributed by atoms with E-state index < -0.39 is 20.0 Å². The van der Waals surface area contributed by atoms with E-state index in [2.05, 4.69) is 43.5 Å². The second-order valence-electron chi connectivity index (χ2n) is 25.2. The number of rotatable bonds is 65. The number of unbranched alkanes of at least 4 members (excludes halogenated alkanes) is 48. The van der Waals surface area contributed by atoms with Crippen LogP contribution in [0.15, 0.2) is 36.5 Å². The van der Waals surface area contributed by atoms with Crippen molar-refractivity contribution < 1.29 is 32.9 Å². The second kappa shape index (κ2) is 61.3. The summed E-state index contributed by atoms with van der Waals surface area (Å²) in [6.45, 7) is 4.69. The maximum absolute atomic E-state index is 13.0. The highest BCUT2D eigenvalue weighted by atomic mass is 31.2. The molecule has 0 aliphatic carbocycles. The molecule has 2 N–H and O–H groups in total. The lowest BCUT2D eigenvalue weighted by Crippen LogP contribution is -2.45. The van der Waals surface area contributed by atoms with Crippen molar-refractivity contribution >= 4 is 13.7 Å². The smallest absolute Gasteiger partial charge is 0.268 e. The number of hydrogen-bond donors (Lipinski definition) is 2. The standard InChI is InChI=1S/C70H137N2O6P/c1-6-8-10-12-14-16-18-20-22-24-26-28-29-30-31-32-33-34-35-36-37-38-39-40-41-42-43-44-46-48-50-52-54-56-58-60-62-64-70(74)71-68(67-78-79(75,76)77-66-65-72(3,4)5)69(73)63-61-59-57-55-53-51-49-47-45-27-25-23-21-19-17-15-13-11-9-7-2/h18,20,24,26,61,63,68-69,73H,6-17,19,21-23,25,27-60,62,64-67H2,1-5H3,(H-,71,74,75,76)/b20-18-,26-24-,63-61+. The minimum atomic E-state index is -4.60. The van der Waals surface area contributed by atoms with Crippen LogP contribution in [-0.4, -0.2) is 68.5 Å². The predicted octanol–water partition coefficient (Wildman–Crippen LogP) is 21.4. The third-order valence-electron chi connectivity index (χ3n) is 16.1. The van der Waals surface area contributed by atoms with E-state index in [1.54, 1.807) is 6.08 Å². The average molecular weight is 1130 g/mol. The number of likely N-dealkylation sites (N-methyl/N-ethyl adjacent to an activating group) is 1. The molecule has 0 spiro atoms. The van der Waals surface area contributed by atoms with Crippen molar-refractivity contribution in [2.45, 2.75) is 366 Å². The van der Waals surface area contributed by atoms with Crippen molar-refractivity contribution in [2.24, 2.45) is 0 Å². The summed E-state index contributed by atoms with van der Waals surface area (Å²) < 4.78 is 23.4. The van der Waals surface area contributed by atoms with Crippen LogP contribution >= 0.6 is 7.82 Å². The number of aliphatic hydroxyl groups is 1.